The SMILES string of the molecule is CC(C)n1nccc1-c1ccc2nc(NC(=O)[C@H]3CCC(=O)O3)nn2c1. The molecule has 9 heteroatoms. The van der Waals surface area contributed by atoms with E-state index < -0.39 is 12.0 Å². The maximum Gasteiger partial charge on any atom is 0.306 e. The smallest absolute Gasteiger partial charge is 0.306 e. The minimum Gasteiger partial charge on any atom is -0.452 e. The van der Waals surface area contributed by atoms with Crippen LogP contribution in [-0.4, -0.2) is 42.4 Å². The van der Waals surface area contributed by atoms with Crippen molar-refractivity contribution in [1.29, 1.82) is 0 Å². The van der Waals surface area contributed by atoms with Gasteiger partial charge in [-0.05, 0) is 32.0 Å². The molecule has 26 heavy (non-hydrogen) atoms. The molecule has 0 radical (unpaired) electrons. The number of esters is 1. The summed E-state index contributed by atoms with van der Waals surface area (Å²) in [6, 6.07) is 5.93. The summed E-state index contributed by atoms with van der Waals surface area (Å²) in [7, 11) is 0. The van der Waals surface area contributed by atoms with Crippen molar-refractivity contribution in [2.75, 3.05) is 5.32 Å². The molecule has 0 bridgehead atoms. The Kier molecular flexibility index (Phi) is 3.90. The number of hydrogen-bond acceptors (Lipinski definition) is 6. The first-order chi connectivity index (χ1) is 12.5. The number of rotatable bonds is 4. The summed E-state index contributed by atoms with van der Waals surface area (Å²) in [5, 5.41) is 11.2. The van der Waals surface area contributed by atoms with E-state index in [9.17, 15) is 9.59 Å². The fourth-order valence-electron chi connectivity index (χ4n) is 2.94. The third-order valence-corrected chi connectivity index (χ3v) is 4.20. The van der Waals surface area contributed by atoms with Gasteiger partial charge in [-0.3, -0.25) is 19.6 Å². The number of anilines is 1. The molecule has 1 saturated heterocycles. The summed E-state index contributed by atoms with van der Waals surface area (Å²) >= 11 is 0. The number of carbonyl (C=O) groups excluding carboxylic acids is 2. The van der Waals surface area contributed by atoms with Crippen LogP contribution in [0.3, 0.4) is 0 Å². The van der Waals surface area contributed by atoms with Gasteiger partial charge in [-0.1, -0.05) is 0 Å². The Morgan fingerprint density at radius 2 is 2.19 bits per heavy atom. The van der Waals surface area contributed by atoms with Gasteiger partial charge >= 0.3 is 5.97 Å². The minimum absolute atomic E-state index is 0.174. The topological polar surface area (TPSA) is 103 Å². The molecule has 9 nitrogen and oxygen atoms in total. The monoisotopic (exact) mass is 354 g/mol. The number of nitrogens with zero attached hydrogens (tertiary/aromatic N) is 5. The highest BCUT2D eigenvalue weighted by Gasteiger charge is 2.30. The van der Waals surface area contributed by atoms with Gasteiger partial charge in [0.1, 0.15) is 0 Å². The molecule has 0 saturated carbocycles. The van der Waals surface area contributed by atoms with Crippen LogP contribution in [0.5, 0.6) is 0 Å². The Labute approximate surface area is 149 Å². The Hall–Kier alpha value is -3.23. The fourth-order valence-corrected chi connectivity index (χ4v) is 2.94. The van der Waals surface area contributed by atoms with Gasteiger partial charge in [0.05, 0.1) is 5.69 Å². The highest BCUT2D eigenvalue weighted by atomic mass is 16.6. The normalized spacial score (nSPS) is 17.0. The third-order valence-electron chi connectivity index (χ3n) is 4.20. The van der Waals surface area contributed by atoms with Crippen molar-refractivity contribution in [1.82, 2.24) is 24.4 Å². The second-order valence-electron chi connectivity index (χ2n) is 6.42. The molecule has 1 aliphatic heterocycles. The molecular formula is C17H18N6O3. The Bertz CT molecular complexity index is 989. The van der Waals surface area contributed by atoms with E-state index >= 15 is 0 Å². The van der Waals surface area contributed by atoms with Gasteiger partial charge < -0.3 is 4.74 Å². The number of hydrogen-bond donors (Lipinski definition) is 1. The zero-order valence-corrected chi connectivity index (χ0v) is 14.4. The second kappa shape index (κ2) is 6.25. The molecule has 4 heterocycles. The molecule has 0 aliphatic carbocycles. The molecule has 1 aliphatic rings. The number of cyclic esters (lactones) is 1. The molecule has 1 atom stereocenters. The predicted molar refractivity (Wildman–Crippen MR) is 92.3 cm³/mol. The predicted octanol–water partition coefficient (Wildman–Crippen LogP) is 1.82. The van der Waals surface area contributed by atoms with Crippen LogP contribution >= 0.6 is 0 Å². The van der Waals surface area contributed by atoms with Gasteiger partial charge in [-0.25, -0.2) is 4.52 Å². The molecule has 1 N–H and O–H groups in total. The van der Waals surface area contributed by atoms with E-state index in [2.05, 4.69) is 34.3 Å². The third kappa shape index (κ3) is 2.92. The lowest BCUT2D eigenvalue weighted by Gasteiger charge is -2.10. The second-order valence-corrected chi connectivity index (χ2v) is 6.42. The molecule has 0 spiro atoms. The van der Waals surface area contributed by atoms with Crippen LogP contribution in [-0.2, 0) is 14.3 Å². The molecule has 3 aromatic heterocycles. The number of aromatic nitrogens is 5. The minimum atomic E-state index is -0.773. The number of nitrogens with one attached hydrogen (secondary N) is 1. The number of pyridine rings is 1. The Morgan fingerprint density at radius 3 is 2.92 bits per heavy atom. The van der Waals surface area contributed by atoms with Gasteiger partial charge in [0.25, 0.3) is 5.91 Å². The van der Waals surface area contributed by atoms with Crippen LogP contribution in [0.25, 0.3) is 16.9 Å². The van der Waals surface area contributed by atoms with E-state index in [1.54, 1.807) is 10.7 Å². The number of carbonyl (C=O) groups is 2. The lowest BCUT2D eigenvalue weighted by Crippen LogP contribution is -2.27. The maximum atomic E-state index is 12.1. The average molecular weight is 354 g/mol. The standard InChI is InChI=1S/C17H18N6O3/c1-10(2)23-12(7-8-18-23)11-3-5-14-19-17(21-22(14)9-11)20-16(25)13-4-6-15(24)26-13/h3,5,7-10,13H,4,6H2,1-2H3,(H,20,21,25)/t13-/m1/s1. The van der Waals surface area contributed by atoms with Crippen molar-refractivity contribution in [2.24, 2.45) is 0 Å². The van der Waals surface area contributed by atoms with Crippen molar-refractivity contribution in [3.63, 3.8) is 0 Å². The van der Waals surface area contributed by atoms with Crippen LogP contribution in [0.15, 0.2) is 30.6 Å². The molecule has 4 rings (SSSR count). The van der Waals surface area contributed by atoms with E-state index in [-0.39, 0.29) is 24.4 Å². The van der Waals surface area contributed by atoms with Crippen molar-refractivity contribution >= 4 is 23.5 Å². The highest BCUT2D eigenvalue weighted by Crippen LogP contribution is 2.23. The quantitative estimate of drug-likeness (QED) is 0.717. The largest absolute Gasteiger partial charge is 0.452 e. The first kappa shape index (κ1) is 16.2. The van der Waals surface area contributed by atoms with Gasteiger partial charge in [-0.15, -0.1) is 5.10 Å². The molecule has 134 valence electrons. The molecular weight excluding hydrogens is 336 g/mol. The van der Waals surface area contributed by atoms with Crippen molar-refractivity contribution in [3.8, 4) is 11.3 Å². The van der Waals surface area contributed by atoms with Crippen molar-refractivity contribution < 1.29 is 14.3 Å². The summed E-state index contributed by atoms with van der Waals surface area (Å²) < 4.78 is 8.48. The molecule has 0 unspecified atom stereocenters. The zero-order valence-electron chi connectivity index (χ0n) is 14.4. The molecule has 1 amide bonds. The van der Waals surface area contributed by atoms with Crippen LogP contribution in [0.1, 0.15) is 32.7 Å². The van der Waals surface area contributed by atoms with E-state index in [0.29, 0.717) is 12.1 Å². The van der Waals surface area contributed by atoms with Gasteiger partial charge in [0, 0.05) is 36.8 Å². The van der Waals surface area contributed by atoms with E-state index in [4.69, 9.17) is 4.74 Å². The molecule has 3 aromatic rings. The summed E-state index contributed by atoms with van der Waals surface area (Å²) in [6.07, 6.45) is 3.45. The van der Waals surface area contributed by atoms with Crippen molar-refractivity contribution in [2.45, 2.75) is 38.8 Å². The maximum absolute atomic E-state index is 12.1. The molecule has 0 aromatic carbocycles. The van der Waals surface area contributed by atoms with Crippen LogP contribution in [0, 0.1) is 0 Å². The first-order valence-electron chi connectivity index (χ1n) is 8.42. The Morgan fingerprint density at radius 1 is 1.35 bits per heavy atom. The fraction of sp³-hybridized carbons (Fsp3) is 0.353. The Balaban J connectivity index is 1.59. The average Bonchev–Trinajstić information content (AvgIpc) is 3.32. The summed E-state index contributed by atoms with van der Waals surface area (Å²) in [5.74, 6) is -0.600. The first-order valence-corrected chi connectivity index (χ1v) is 8.42. The lowest BCUT2D eigenvalue weighted by atomic mass is 10.2. The van der Waals surface area contributed by atoms with Crippen molar-refractivity contribution in [3.05, 3.63) is 30.6 Å². The van der Waals surface area contributed by atoms with E-state index in [1.807, 2.05) is 29.1 Å². The zero-order chi connectivity index (χ0) is 18.3. The lowest BCUT2D eigenvalue weighted by molar-refractivity contribution is -0.146. The highest BCUT2D eigenvalue weighted by molar-refractivity contribution is 5.95. The van der Waals surface area contributed by atoms with Crippen LogP contribution < -0.4 is 5.32 Å². The number of ether oxygens (including phenoxy) is 1. The van der Waals surface area contributed by atoms with Gasteiger partial charge in [0.2, 0.25) is 5.95 Å². The summed E-state index contributed by atoms with van der Waals surface area (Å²) in [6.45, 7) is 4.13. The van der Waals surface area contributed by atoms with E-state index in [0.717, 1.165) is 11.3 Å². The van der Waals surface area contributed by atoms with Crippen LogP contribution in [0.2, 0.25) is 0 Å². The number of amides is 1. The van der Waals surface area contributed by atoms with Crippen LogP contribution in [0.4, 0.5) is 5.95 Å². The number of fused-ring (bicyclic) bond motifs is 1. The summed E-state index contributed by atoms with van der Waals surface area (Å²) in [5.41, 5.74) is 2.51. The van der Waals surface area contributed by atoms with Gasteiger partial charge in [0.15, 0.2) is 11.8 Å². The van der Waals surface area contributed by atoms with Gasteiger partial charge in [-0.2, -0.15) is 10.1 Å². The summed E-state index contributed by atoms with van der Waals surface area (Å²) in [4.78, 5) is 27.5. The van der Waals surface area contributed by atoms with E-state index in [1.165, 1.54) is 0 Å². The molecule has 1 fully saturated rings.